The first-order valence-corrected chi connectivity index (χ1v) is 3.08. The van der Waals surface area contributed by atoms with Crippen molar-refractivity contribution in [2.45, 2.75) is 6.92 Å². The molecule has 0 bridgehead atoms. The highest BCUT2D eigenvalue weighted by atomic mass is 19.1. The largest absolute Gasteiger partial charge is 0.478 e. The third-order valence-corrected chi connectivity index (χ3v) is 1.34. The number of aryl methyl sites for hydroxylation is 1. The summed E-state index contributed by atoms with van der Waals surface area (Å²) in [5, 5.41) is 8.38. The molecular formula is C7H5F2NO2. The van der Waals surface area contributed by atoms with E-state index in [0.29, 0.717) is 0 Å². The predicted octanol–water partition coefficient (Wildman–Crippen LogP) is 1.37. The van der Waals surface area contributed by atoms with Crippen LogP contribution in [0, 0.1) is 18.8 Å². The summed E-state index contributed by atoms with van der Waals surface area (Å²) in [5.74, 6) is -3.74. The van der Waals surface area contributed by atoms with Crippen LogP contribution in [0.4, 0.5) is 8.78 Å². The fraction of sp³-hybridized carbons (Fsp3) is 0.143. The summed E-state index contributed by atoms with van der Waals surface area (Å²) in [4.78, 5) is 13.1. The molecule has 0 radical (unpaired) electrons. The van der Waals surface area contributed by atoms with Crippen molar-refractivity contribution in [2.24, 2.45) is 0 Å². The van der Waals surface area contributed by atoms with Crippen LogP contribution in [0.15, 0.2) is 6.07 Å². The van der Waals surface area contributed by atoms with Gasteiger partial charge in [0, 0.05) is 5.56 Å². The molecule has 1 N–H and O–H groups in total. The van der Waals surface area contributed by atoms with Crippen LogP contribution in [0.2, 0.25) is 0 Å². The third-order valence-electron chi connectivity index (χ3n) is 1.34. The van der Waals surface area contributed by atoms with Crippen molar-refractivity contribution in [3.05, 3.63) is 29.1 Å². The first kappa shape index (κ1) is 8.58. The Morgan fingerprint density at radius 1 is 1.50 bits per heavy atom. The van der Waals surface area contributed by atoms with E-state index in [0.717, 1.165) is 6.07 Å². The normalized spacial score (nSPS) is 9.92. The molecule has 1 heterocycles. The maximum absolute atomic E-state index is 12.5. The van der Waals surface area contributed by atoms with Gasteiger partial charge in [0.05, 0.1) is 0 Å². The summed E-state index contributed by atoms with van der Waals surface area (Å²) in [5.41, 5.74) is -0.609. The number of hydrogen-bond acceptors (Lipinski definition) is 2. The van der Waals surface area contributed by atoms with Gasteiger partial charge in [-0.25, -0.2) is 4.79 Å². The van der Waals surface area contributed by atoms with Crippen molar-refractivity contribution < 1.29 is 18.7 Å². The predicted molar refractivity (Wildman–Crippen MR) is 35.8 cm³/mol. The summed E-state index contributed by atoms with van der Waals surface area (Å²) in [6, 6.07) is 0.903. The van der Waals surface area contributed by atoms with Crippen molar-refractivity contribution in [2.75, 3.05) is 0 Å². The van der Waals surface area contributed by atoms with E-state index in [4.69, 9.17) is 5.11 Å². The molecular weight excluding hydrogens is 168 g/mol. The van der Waals surface area contributed by atoms with Gasteiger partial charge in [-0.3, -0.25) is 0 Å². The Bertz CT molecular complexity index is 338. The van der Waals surface area contributed by atoms with Crippen LogP contribution >= 0.6 is 0 Å². The Labute approximate surface area is 66.7 Å². The maximum atomic E-state index is 12.5. The van der Waals surface area contributed by atoms with E-state index >= 15 is 0 Å². The minimum atomic E-state index is -1.46. The number of aromatic nitrogens is 1. The van der Waals surface area contributed by atoms with E-state index in [1.807, 2.05) is 0 Å². The summed E-state index contributed by atoms with van der Waals surface area (Å²) in [7, 11) is 0. The molecule has 0 aromatic carbocycles. The van der Waals surface area contributed by atoms with Crippen LogP contribution < -0.4 is 0 Å². The minimum absolute atomic E-state index is 0.00815. The fourth-order valence-electron chi connectivity index (χ4n) is 0.720. The van der Waals surface area contributed by atoms with Crippen LogP contribution in [-0.2, 0) is 0 Å². The number of pyridine rings is 1. The zero-order chi connectivity index (χ0) is 9.30. The zero-order valence-electron chi connectivity index (χ0n) is 6.14. The Kier molecular flexibility index (Phi) is 2.03. The lowest BCUT2D eigenvalue weighted by atomic mass is 10.2. The molecule has 0 atom stereocenters. The lowest BCUT2D eigenvalue weighted by Crippen LogP contribution is -2.05. The monoisotopic (exact) mass is 173 g/mol. The minimum Gasteiger partial charge on any atom is -0.478 e. The van der Waals surface area contributed by atoms with Crippen molar-refractivity contribution >= 4 is 5.97 Å². The van der Waals surface area contributed by atoms with E-state index in [1.54, 1.807) is 0 Å². The molecule has 0 aliphatic rings. The summed E-state index contributed by atoms with van der Waals surface area (Å²) in [6.45, 7) is 1.31. The van der Waals surface area contributed by atoms with Crippen molar-refractivity contribution in [1.82, 2.24) is 4.98 Å². The van der Waals surface area contributed by atoms with Gasteiger partial charge in [0.1, 0.15) is 5.56 Å². The van der Waals surface area contributed by atoms with Crippen LogP contribution in [0.1, 0.15) is 15.9 Å². The molecule has 0 aliphatic carbocycles. The Morgan fingerprint density at radius 2 is 2.08 bits per heavy atom. The van der Waals surface area contributed by atoms with Crippen LogP contribution in [-0.4, -0.2) is 16.1 Å². The Balaban J connectivity index is 3.33. The second-order valence-corrected chi connectivity index (χ2v) is 2.24. The van der Waals surface area contributed by atoms with Crippen molar-refractivity contribution in [1.29, 1.82) is 0 Å². The molecule has 0 saturated carbocycles. The quantitative estimate of drug-likeness (QED) is 0.652. The zero-order valence-corrected chi connectivity index (χ0v) is 6.14. The number of nitrogens with zero attached hydrogens (tertiary/aromatic N) is 1. The van der Waals surface area contributed by atoms with Gasteiger partial charge in [0.15, 0.2) is 0 Å². The second kappa shape index (κ2) is 2.84. The number of carboxylic acids is 1. The lowest BCUT2D eigenvalue weighted by Gasteiger charge is -1.98. The van der Waals surface area contributed by atoms with E-state index in [9.17, 15) is 13.6 Å². The third kappa shape index (κ3) is 1.39. The molecule has 1 rings (SSSR count). The van der Waals surface area contributed by atoms with Gasteiger partial charge in [-0.15, -0.1) is 0 Å². The van der Waals surface area contributed by atoms with Gasteiger partial charge in [-0.1, -0.05) is 0 Å². The van der Waals surface area contributed by atoms with E-state index in [1.165, 1.54) is 6.92 Å². The van der Waals surface area contributed by atoms with Gasteiger partial charge < -0.3 is 5.11 Å². The Hall–Kier alpha value is -1.52. The first-order valence-electron chi connectivity index (χ1n) is 3.08. The molecule has 1 aromatic rings. The van der Waals surface area contributed by atoms with Gasteiger partial charge in [-0.2, -0.15) is 13.8 Å². The number of halogens is 2. The number of carboxylic acid groups (broad SMARTS) is 1. The highest BCUT2D eigenvalue weighted by Gasteiger charge is 2.14. The van der Waals surface area contributed by atoms with Crippen LogP contribution in [0.25, 0.3) is 0 Å². The van der Waals surface area contributed by atoms with Gasteiger partial charge >= 0.3 is 5.97 Å². The molecule has 0 amide bonds. The molecule has 0 saturated heterocycles. The van der Waals surface area contributed by atoms with Gasteiger partial charge in [0.2, 0.25) is 11.9 Å². The average Bonchev–Trinajstić information content (AvgIpc) is 1.96. The molecule has 0 spiro atoms. The SMILES string of the molecule is Cc1cc(C(=O)O)c(F)nc1F. The Morgan fingerprint density at radius 3 is 2.58 bits per heavy atom. The molecule has 12 heavy (non-hydrogen) atoms. The molecule has 1 aromatic heterocycles. The summed E-state index contributed by atoms with van der Waals surface area (Å²) < 4.78 is 25.0. The molecule has 0 aliphatic heterocycles. The number of carbonyl (C=O) groups is 1. The molecule has 3 nitrogen and oxygen atoms in total. The summed E-state index contributed by atoms with van der Waals surface area (Å²) in [6.07, 6.45) is 0. The van der Waals surface area contributed by atoms with E-state index in [-0.39, 0.29) is 5.56 Å². The van der Waals surface area contributed by atoms with Crippen LogP contribution in [0.5, 0.6) is 0 Å². The maximum Gasteiger partial charge on any atom is 0.340 e. The molecule has 64 valence electrons. The highest BCUT2D eigenvalue weighted by Crippen LogP contribution is 2.09. The number of hydrogen-bond donors (Lipinski definition) is 1. The van der Waals surface area contributed by atoms with Gasteiger partial charge in [-0.05, 0) is 13.0 Å². The van der Waals surface area contributed by atoms with Crippen molar-refractivity contribution in [3.8, 4) is 0 Å². The van der Waals surface area contributed by atoms with Crippen LogP contribution in [0.3, 0.4) is 0 Å². The number of rotatable bonds is 1. The molecule has 5 heteroatoms. The van der Waals surface area contributed by atoms with E-state index < -0.39 is 23.4 Å². The number of aromatic carboxylic acids is 1. The average molecular weight is 173 g/mol. The second-order valence-electron chi connectivity index (χ2n) is 2.24. The molecule has 0 fully saturated rings. The lowest BCUT2D eigenvalue weighted by molar-refractivity contribution is 0.0690. The molecule has 0 unspecified atom stereocenters. The topological polar surface area (TPSA) is 50.2 Å². The summed E-state index contributed by atoms with van der Waals surface area (Å²) >= 11 is 0. The van der Waals surface area contributed by atoms with Crippen molar-refractivity contribution in [3.63, 3.8) is 0 Å². The van der Waals surface area contributed by atoms with Gasteiger partial charge in [0.25, 0.3) is 0 Å². The smallest absolute Gasteiger partial charge is 0.340 e. The standard InChI is InChI=1S/C7H5F2NO2/c1-3-2-4(7(11)12)6(9)10-5(3)8/h2H,1H3,(H,11,12). The van der Waals surface area contributed by atoms with E-state index in [2.05, 4.69) is 4.98 Å². The highest BCUT2D eigenvalue weighted by molar-refractivity contribution is 5.87. The first-order chi connectivity index (χ1) is 5.52. The fourth-order valence-corrected chi connectivity index (χ4v) is 0.720.